The monoisotopic (exact) mass is 405 g/mol. The second kappa shape index (κ2) is 7.25. The van der Waals surface area contributed by atoms with Crippen LogP contribution in [-0.2, 0) is 4.79 Å². The van der Waals surface area contributed by atoms with Crippen molar-refractivity contribution in [3.8, 4) is 0 Å². The van der Waals surface area contributed by atoms with Gasteiger partial charge < -0.3 is 21.5 Å². The quantitative estimate of drug-likeness (QED) is 0.557. The van der Waals surface area contributed by atoms with E-state index in [9.17, 15) is 14.4 Å². The number of hydrogen-bond acceptors (Lipinski definition) is 3. The molecular weight excluding hydrogens is 389 g/mol. The molecule has 1 unspecified atom stereocenters. The Morgan fingerprint density at radius 2 is 1.90 bits per heavy atom. The molecule has 3 amide bonds. The third kappa shape index (κ3) is 4.88. The van der Waals surface area contributed by atoms with Crippen LogP contribution in [0.25, 0.3) is 0 Å². The first-order chi connectivity index (χ1) is 9.72. The van der Waals surface area contributed by atoms with Gasteiger partial charge in [0.2, 0.25) is 5.91 Å². The van der Waals surface area contributed by atoms with Crippen LogP contribution in [0.3, 0.4) is 0 Å². The first-order valence-electron chi connectivity index (χ1n) is 6.12. The number of nitrogens with two attached hydrogens (primary N) is 1. The maximum Gasteiger partial charge on any atom is 0.337 e. The first-order valence-corrected chi connectivity index (χ1v) is 7.20. The molecule has 1 aromatic rings. The number of hydrogen-bond donors (Lipinski definition) is 4. The molecule has 0 saturated carbocycles. The summed E-state index contributed by atoms with van der Waals surface area (Å²) in [6.45, 7) is 3.48. The minimum absolute atomic E-state index is 0.0304. The van der Waals surface area contributed by atoms with Crippen LogP contribution < -0.4 is 16.4 Å². The highest BCUT2D eigenvalue weighted by atomic mass is 127. The number of carboxylic acids is 1. The maximum absolute atomic E-state index is 11.9. The zero-order valence-electron chi connectivity index (χ0n) is 11.5. The SMILES string of the molecule is CC(C)C(NC(=O)Nc1ccc(I)cc1C(=O)O)C(N)=O. The molecule has 5 N–H and O–H groups in total. The molecule has 1 rings (SSSR count). The third-order valence-corrected chi connectivity index (χ3v) is 3.39. The lowest BCUT2D eigenvalue weighted by molar-refractivity contribution is -0.120. The van der Waals surface area contributed by atoms with Crippen molar-refractivity contribution >= 4 is 46.2 Å². The lowest BCUT2D eigenvalue weighted by Gasteiger charge is -2.19. The van der Waals surface area contributed by atoms with Crippen LogP contribution in [0.2, 0.25) is 0 Å². The fourth-order valence-corrected chi connectivity index (χ4v) is 2.16. The predicted octanol–water partition coefficient (Wildman–Crippen LogP) is 1.62. The Balaban J connectivity index is 2.89. The standard InChI is InChI=1S/C13H16IN3O4/c1-6(2)10(11(15)18)17-13(21)16-9-4-3-7(14)5-8(9)12(19)20/h3-6,10H,1-2H3,(H2,15,18)(H,19,20)(H2,16,17,21). The molecule has 0 heterocycles. The van der Waals surface area contributed by atoms with Gasteiger partial charge in [0.25, 0.3) is 0 Å². The van der Waals surface area contributed by atoms with Crippen LogP contribution in [-0.4, -0.2) is 29.1 Å². The van der Waals surface area contributed by atoms with Gasteiger partial charge in [-0.2, -0.15) is 0 Å². The summed E-state index contributed by atoms with van der Waals surface area (Å²) in [5.41, 5.74) is 5.32. The zero-order chi connectivity index (χ0) is 16.2. The number of carbonyl (C=O) groups is 3. The molecule has 0 bridgehead atoms. The minimum Gasteiger partial charge on any atom is -0.478 e. The smallest absolute Gasteiger partial charge is 0.337 e. The molecule has 21 heavy (non-hydrogen) atoms. The van der Waals surface area contributed by atoms with Crippen LogP contribution in [0.5, 0.6) is 0 Å². The topological polar surface area (TPSA) is 122 Å². The Morgan fingerprint density at radius 1 is 1.29 bits per heavy atom. The summed E-state index contributed by atoms with van der Waals surface area (Å²) < 4.78 is 0.730. The first kappa shape index (κ1) is 17.2. The van der Waals surface area contributed by atoms with Gasteiger partial charge in [0.1, 0.15) is 6.04 Å². The number of urea groups is 1. The number of anilines is 1. The molecule has 1 atom stereocenters. The summed E-state index contributed by atoms with van der Waals surface area (Å²) in [5, 5.41) is 14.0. The molecule has 0 saturated heterocycles. The summed E-state index contributed by atoms with van der Waals surface area (Å²) in [6.07, 6.45) is 0. The van der Waals surface area contributed by atoms with Gasteiger partial charge in [0, 0.05) is 3.57 Å². The summed E-state index contributed by atoms with van der Waals surface area (Å²) >= 11 is 1.97. The number of primary amides is 1. The van der Waals surface area contributed by atoms with Crippen molar-refractivity contribution in [2.24, 2.45) is 11.7 Å². The number of halogens is 1. The molecule has 8 heteroatoms. The summed E-state index contributed by atoms with van der Waals surface area (Å²) in [4.78, 5) is 34.2. The molecule has 114 valence electrons. The number of rotatable bonds is 5. The van der Waals surface area contributed by atoms with Gasteiger partial charge in [0.15, 0.2) is 0 Å². The molecule has 0 spiro atoms. The molecule has 0 aliphatic heterocycles. The van der Waals surface area contributed by atoms with E-state index in [1.807, 2.05) is 22.6 Å². The van der Waals surface area contributed by atoms with Gasteiger partial charge in [-0.15, -0.1) is 0 Å². The van der Waals surface area contributed by atoms with Crippen LogP contribution in [0.1, 0.15) is 24.2 Å². The largest absolute Gasteiger partial charge is 0.478 e. The van der Waals surface area contributed by atoms with Crippen molar-refractivity contribution in [1.82, 2.24) is 5.32 Å². The summed E-state index contributed by atoms with van der Waals surface area (Å²) in [5.74, 6) is -1.98. The Kier molecular flexibility index (Phi) is 5.94. The number of benzene rings is 1. The summed E-state index contributed by atoms with van der Waals surface area (Å²) in [7, 11) is 0. The Hall–Kier alpha value is -1.84. The Labute approximate surface area is 135 Å². The van der Waals surface area contributed by atoms with E-state index in [4.69, 9.17) is 10.8 Å². The highest BCUT2D eigenvalue weighted by Crippen LogP contribution is 2.19. The average Bonchev–Trinajstić information content (AvgIpc) is 2.37. The van der Waals surface area contributed by atoms with Gasteiger partial charge in [0.05, 0.1) is 11.3 Å². The van der Waals surface area contributed by atoms with Crippen LogP contribution in [0.4, 0.5) is 10.5 Å². The molecule has 1 aromatic carbocycles. The third-order valence-electron chi connectivity index (χ3n) is 2.72. The van der Waals surface area contributed by atoms with E-state index in [0.29, 0.717) is 0 Å². The highest BCUT2D eigenvalue weighted by molar-refractivity contribution is 14.1. The van der Waals surface area contributed by atoms with Crippen LogP contribution in [0.15, 0.2) is 18.2 Å². The number of nitrogens with one attached hydrogen (secondary N) is 2. The van der Waals surface area contributed by atoms with E-state index < -0.39 is 23.9 Å². The van der Waals surface area contributed by atoms with E-state index in [2.05, 4.69) is 10.6 Å². The summed E-state index contributed by atoms with van der Waals surface area (Å²) in [6, 6.07) is 3.07. The van der Waals surface area contributed by atoms with Crippen molar-refractivity contribution in [3.63, 3.8) is 0 Å². The molecule has 0 fully saturated rings. The molecule has 7 nitrogen and oxygen atoms in total. The second-order valence-corrected chi connectivity index (χ2v) is 5.96. The molecule has 0 aromatic heterocycles. The molecule has 0 aliphatic carbocycles. The zero-order valence-corrected chi connectivity index (χ0v) is 13.7. The van der Waals surface area contributed by atoms with E-state index in [1.54, 1.807) is 19.9 Å². The van der Waals surface area contributed by atoms with Crippen molar-refractivity contribution < 1.29 is 19.5 Å². The molecule has 0 aliphatic rings. The molecular formula is C13H16IN3O4. The van der Waals surface area contributed by atoms with Gasteiger partial charge in [-0.1, -0.05) is 13.8 Å². The average molecular weight is 405 g/mol. The Morgan fingerprint density at radius 3 is 2.38 bits per heavy atom. The second-order valence-electron chi connectivity index (χ2n) is 4.72. The van der Waals surface area contributed by atoms with E-state index in [-0.39, 0.29) is 17.2 Å². The number of carbonyl (C=O) groups excluding carboxylic acids is 2. The minimum atomic E-state index is -1.15. The van der Waals surface area contributed by atoms with Gasteiger partial charge in [-0.25, -0.2) is 9.59 Å². The van der Waals surface area contributed by atoms with E-state index in [0.717, 1.165) is 3.57 Å². The van der Waals surface area contributed by atoms with Crippen molar-refractivity contribution in [2.75, 3.05) is 5.32 Å². The van der Waals surface area contributed by atoms with E-state index in [1.165, 1.54) is 12.1 Å². The Bertz CT molecular complexity index is 575. The fraction of sp³-hybridized carbons (Fsp3) is 0.308. The number of amides is 3. The predicted molar refractivity (Wildman–Crippen MR) is 86.1 cm³/mol. The number of aromatic carboxylic acids is 1. The number of carboxylic acid groups (broad SMARTS) is 1. The highest BCUT2D eigenvalue weighted by Gasteiger charge is 2.22. The van der Waals surface area contributed by atoms with Gasteiger partial charge >= 0.3 is 12.0 Å². The molecule has 0 radical (unpaired) electrons. The van der Waals surface area contributed by atoms with Crippen molar-refractivity contribution in [1.29, 1.82) is 0 Å². The van der Waals surface area contributed by atoms with Crippen LogP contribution >= 0.6 is 22.6 Å². The van der Waals surface area contributed by atoms with Crippen molar-refractivity contribution in [3.05, 3.63) is 27.3 Å². The maximum atomic E-state index is 11.9. The van der Waals surface area contributed by atoms with E-state index >= 15 is 0 Å². The lowest BCUT2D eigenvalue weighted by Crippen LogP contribution is -2.49. The normalized spacial score (nSPS) is 11.8. The van der Waals surface area contributed by atoms with Gasteiger partial charge in [-0.05, 0) is 46.7 Å². The van der Waals surface area contributed by atoms with Gasteiger partial charge in [-0.3, -0.25) is 4.79 Å². The lowest BCUT2D eigenvalue weighted by atomic mass is 10.0. The van der Waals surface area contributed by atoms with Crippen LogP contribution in [0, 0.1) is 9.49 Å². The van der Waals surface area contributed by atoms with Crippen molar-refractivity contribution in [2.45, 2.75) is 19.9 Å². The fourth-order valence-electron chi connectivity index (χ4n) is 1.67.